The molecule has 1 fully saturated rings. The van der Waals surface area contributed by atoms with E-state index in [4.69, 9.17) is 10.00 Å². The van der Waals surface area contributed by atoms with Gasteiger partial charge in [-0.15, -0.1) is 0 Å². The molecule has 0 aliphatic carbocycles. The fraction of sp³-hybridized carbons (Fsp3) is 0.400. The van der Waals surface area contributed by atoms with Crippen LogP contribution in [0.3, 0.4) is 0 Å². The third-order valence-electron chi connectivity index (χ3n) is 3.82. The normalized spacial score (nSPS) is 18.2. The van der Waals surface area contributed by atoms with Crippen LogP contribution < -0.4 is 10.1 Å². The largest absolute Gasteiger partial charge is 0.482 e. The standard InChI is InChI=1S/C15H15N3O3/c16-8-10-3-5-18(6-4-10)15(20)11-1-2-13-12(7-11)17-14(19)9-21-13/h1-2,7,10H,3-6,9H2,(H,17,19). The zero-order chi connectivity index (χ0) is 14.8. The van der Waals surface area contributed by atoms with E-state index in [1.807, 2.05) is 0 Å². The third-order valence-corrected chi connectivity index (χ3v) is 3.82. The highest BCUT2D eigenvalue weighted by Gasteiger charge is 2.25. The SMILES string of the molecule is N#CC1CCN(C(=O)c2ccc3c(c2)NC(=O)CO3)CC1. The van der Waals surface area contributed by atoms with Crippen molar-refractivity contribution in [1.29, 1.82) is 5.26 Å². The van der Waals surface area contributed by atoms with E-state index in [9.17, 15) is 9.59 Å². The van der Waals surface area contributed by atoms with E-state index in [-0.39, 0.29) is 24.3 Å². The second kappa shape index (κ2) is 5.44. The first-order valence-corrected chi connectivity index (χ1v) is 6.93. The molecule has 2 aliphatic heterocycles. The van der Waals surface area contributed by atoms with Crippen molar-refractivity contribution in [2.45, 2.75) is 12.8 Å². The maximum atomic E-state index is 12.5. The summed E-state index contributed by atoms with van der Waals surface area (Å²) in [6.07, 6.45) is 1.43. The molecular formula is C15H15N3O3. The molecule has 21 heavy (non-hydrogen) atoms. The predicted octanol–water partition coefficient (Wildman–Crippen LogP) is 1.39. The summed E-state index contributed by atoms with van der Waals surface area (Å²) in [5.74, 6) is 0.329. The fourth-order valence-corrected chi connectivity index (χ4v) is 2.61. The minimum atomic E-state index is -0.220. The molecule has 0 bridgehead atoms. The molecular weight excluding hydrogens is 270 g/mol. The lowest BCUT2D eigenvalue weighted by molar-refractivity contribution is -0.118. The molecule has 0 radical (unpaired) electrons. The zero-order valence-corrected chi connectivity index (χ0v) is 11.5. The van der Waals surface area contributed by atoms with Gasteiger partial charge in [0.15, 0.2) is 6.61 Å². The highest BCUT2D eigenvalue weighted by molar-refractivity contribution is 5.99. The number of anilines is 1. The molecule has 2 heterocycles. The van der Waals surface area contributed by atoms with Crippen LogP contribution in [0.1, 0.15) is 23.2 Å². The topological polar surface area (TPSA) is 82.4 Å². The summed E-state index contributed by atoms with van der Waals surface area (Å²) in [5, 5.41) is 11.6. The van der Waals surface area contributed by atoms with Crippen molar-refractivity contribution >= 4 is 17.5 Å². The van der Waals surface area contributed by atoms with Crippen molar-refractivity contribution < 1.29 is 14.3 Å². The Balaban J connectivity index is 1.75. The highest BCUT2D eigenvalue weighted by atomic mass is 16.5. The number of hydrogen-bond donors (Lipinski definition) is 1. The van der Waals surface area contributed by atoms with E-state index in [0.29, 0.717) is 42.9 Å². The van der Waals surface area contributed by atoms with Crippen LogP contribution >= 0.6 is 0 Å². The fourth-order valence-electron chi connectivity index (χ4n) is 2.61. The first kappa shape index (κ1) is 13.4. The summed E-state index contributed by atoms with van der Waals surface area (Å²) in [5.41, 5.74) is 1.05. The first-order valence-electron chi connectivity index (χ1n) is 6.93. The van der Waals surface area contributed by atoms with E-state index < -0.39 is 0 Å². The van der Waals surface area contributed by atoms with Gasteiger partial charge in [0.1, 0.15) is 5.75 Å². The van der Waals surface area contributed by atoms with Gasteiger partial charge in [-0.05, 0) is 31.0 Å². The van der Waals surface area contributed by atoms with Gasteiger partial charge in [0.05, 0.1) is 11.8 Å². The monoisotopic (exact) mass is 285 g/mol. The Morgan fingerprint density at radius 3 is 2.86 bits per heavy atom. The Bertz CT molecular complexity index is 628. The van der Waals surface area contributed by atoms with Gasteiger partial charge in [-0.25, -0.2) is 0 Å². The van der Waals surface area contributed by atoms with Crippen molar-refractivity contribution in [3.8, 4) is 11.8 Å². The first-order chi connectivity index (χ1) is 10.2. The van der Waals surface area contributed by atoms with Crippen LogP contribution in [-0.2, 0) is 4.79 Å². The maximum absolute atomic E-state index is 12.5. The quantitative estimate of drug-likeness (QED) is 0.845. The molecule has 0 unspecified atom stereocenters. The molecule has 6 nitrogen and oxygen atoms in total. The van der Waals surface area contributed by atoms with Gasteiger partial charge >= 0.3 is 0 Å². The molecule has 0 spiro atoms. The number of piperidine rings is 1. The molecule has 0 saturated carbocycles. The average molecular weight is 285 g/mol. The van der Waals surface area contributed by atoms with Crippen LogP contribution in [0.2, 0.25) is 0 Å². The molecule has 0 aromatic heterocycles. The number of carbonyl (C=O) groups excluding carboxylic acids is 2. The summed E-state index contributed by atoms with van der Waals surface area (Å²) in [6.45, 7) is 1.19. The van der Waals surface area contributed by atoms with Crippen LogP contribution in [-0.4, -0.2) is 36.4 Å². The number of carbonyl (C=O) groups is 2. The molecule has 6 heteroatoms. The molecule has 1 saturated heterocycles. The molecule has 2 aliphatic rings. The van der Waals surface area contributed by atoms with Crippen LogP contribution in [0, 0.1) is 17.2 Å². The van der Waals surface area contributed by atoms with E-state index >= 15 is 0 Å². The van der Waals surface area contributed by atoms with Gasteiger partial charge in [-0.3, -0.25) is 9.59 Å². The Kier molecular flexibility index (Phi) is 3.48. The number of benzene rings is 1. The van der Waals surface area contributed by atoms with E-state index in [0.717, 1.165) is 0 Å². The number of nitrogens with zero attached hydrogens (tertiary/aromatic N) is 2. The van der Waals surface area contributed by atoms with E-state index in [1.54, 1.807) is 23.1 Å². The molecule has 0 atom stereocenters. The van der Waals surface area contributed by atoms with Crippen LogP contribution in [0.25, 0.3) is 0 Å². The number of amides is 2. The molecule has 1 aromatic carbocycles. The second-order valence-corrected chi connectivity index (χ2v) is 5.24. The molecule has 3 rings (SSSR count). The molecule has 1 aromatic rings. The number of nitriles is 1. The van der Waals surface area contributed by atoms with Gasteiger partial charge in [0.2, 0.25) is 0 Å². The summed E-state index contributed by atoms with van der Waals surface area (Å²) >= 11 is 0. The Hall–Kier alpha value is -2.55. The maximum Gasteiger partial charge on any atom is 0.262 e. The third kappa shape index (κ3) is 2.68. The summed E-state index contributed by atoms with van der Waals surface area (Å²) in [7, 11) is 0. The average Bonchev–Trinajstić information content (AvgIpc) is 2.53. The van der Waals surface area contributed by atoms with Crippen LogP contribution in [0.5, 0.6) is 5.75 Å². The predicted molar refractivity (Wildman–Crippen MR) is 74.8 cm³/mol. The van der Waals surface area contributed by atoms with Gasteiger partial charge in [-0.1, -0.05) is 0 Å². The van der Waals surface area contributed by atoms with Gasteiger partial charge in [-0.2, -0.15) is 5.26 Å². The minimum Gasteiger partial charge on any atom is -0.482 e. The smallest absolute Gasteiger partial charge is 0.262 e. The Morgan fingerprint density at radius 1 is 1.38 bits per heavy atom. The van der Waals surface area contributed by atoms with Crippen molar-refractivity contribution in [2.75, 3.05) is 25.0 Å². The Morgan fingerprint density at radius 2 is 2.14 bits per heavy atom. The number of hydrogen-bond acceptors (Lipinski definition) is 4. The zero-order valence-electron chi connectivity index (χ0n) is 11.5. The summed E-state index contributed by atoms with van der Waals surface area (Å²) in [4.78, 5) is 25.5. The summed E-state index contributed by atoms with van der Waals surface area (Å²) < 4.78 is 5.27. The minimum absolute atomic E-state index is 0.00195. The summed E-state index contributed by atoms with van der Waals surface area (Å²) in [6, 6.07) is 7.29. The molecule has 108 valence electrons. The van der Waals surface area contributed by atoms with Crippen LogP contribution in [0.15, 0.2) is 18.2 Å². The molecule has 1 N–H and O–H groups in total. The van der Waals surface area contributed by atoms with Crippen LogP contribution in [0.4, 0.5) is 5.69 Å². The van der Waals surface area contributed by atoms with Crippen molar-refractivity contribution in [3.05, 3.63) is 23.8 Å². The number of fused-ring (bicyclic) bond motifs is 1. The van der Waals surface area contributed by atoms with E-state index in [1.165, 1.54) is 0 Å². The lowest BCUT2D eigenvalue weighted by Gasteiger charge is -2.29. The van der Waals surface area contributed by atoms with Crippen molar-refractivity contribution in [3.63, 3.8) is 0 Å². The van der Waals surface area contributed by atoms with Crippen molar-refractivity contribution in [2.24, 2.45) is 5.92 Å². The number of likely N-dealkylation sites (tertiary alicyclic amines) is 1. The highest BCUT2D eigenvalue weighted by Crippen LogP contribution is 2.29. The van der Waals surface area contributed by atoms with Gasteiger partial charge < -0.3 is 15.0 Å². The number of rotatable bonds is 1. The lowest BCUT2D eigenvalue weighted by atomic mass is 9.98. The number of nitrogens with one attached hydrogen (secondary N) is 1. The van der Waals surface area contributed by atoms with Gasteiger partial charge in [0, 0.05) is 24.6 Å². The van der Waals surface area contributed by atoms with Gasteiger partial charge in [0.25, 0.3) is 11.8 Å². The molecule has 2 amide bonds. The van der Waals surface area contributed by atoms with Crippen molar-refractivity contribution in [1.82, 2.24) is 4.90 Å². The number of ether oxygens (including phenoxy) is 1. The van der Waals surface area contributed by atoms with E-state index in [2.05, 4.69) is 11.4 Å². The Labute approximate surface area is 122 Å². The lowest BCUT2D eigenvalue weighted by Crippen LogP contribution is -2.38. The second-order valence-electron chi connectivity index (χ2n) is 5.24.